The van der Waals surface area contributed by atoms with Gasteiger partial charge in [0.15, 0.2) is 5.82 Å². The first-order valence-electron chi connectivity index (χ1n) is 9.44. The third-order valence-electron chi connectivity index (χ3n) is 4.96. The van der Waals surface area contributed by atoms with Gasteiger partial charge in [0.05, 0.1) is 24.1 Å². The predicted octanol–water partition coefficient (Wildman–Crippen LogP) is 3.58. The van der Waals surface area contributed by atoms with Gasteiger partial charge in [-0.3, -0.25) is 4.79 Å². The highest BCUT2D eigenvalue weighted by Gasteiger charge is 2.24. The topological polar surface area (TPSA) is 74.0 Å². The molecule has 4 rings (SSSR count). The van der Waals surface area contributed by atoms with E-state index in [1.807, 2.05) is 43.3 Å². The fraction of sp³-hybridized carbons (Fsp3) is 0.227. The summed E-state index contributed by atoms with van der Waals surface area (Å²) in [5.41, 5.74) is 3.29. The zero-order valence-electron chi connectivity index (χ0n) is 16.0. The van der Waals surface area contributed by atoms with Crippen LogP contribution in [0.15, 0.2) is 48.7 Å². The van der Waals surface area contributed by atoms with Crippen LogP contribution in [0.3, 0.4) is 0 Å². The van der Waals surface area contributed by atoms with Crippen LogP contribution in [0.1, 0.15) is 23.1 Å². The van der Waals surface area contributed by atoms with Gasteiger partial charge in [-0.15, -0.1) is 0 Å². The zero-order valence-corrected chi connectivity index (χ0v) is 16.0. The minimum Gasteiger partial charge on any atom is -0.360 e. The van der Waals surface area contributed by atoms with Crippen molar-refractivity contribution in [1.29, 1.82) is 5.26 Å². The van der Waals surface area contributed by atoms with E-state index in [1.165, 1.54) is 16.9 Å². The maximum absolute atomic E-state index is 14.6. The lowest BCUT2D eigenvalue weighted by Gasteiger charge is -2.31. The summed E-state index contributed by atoms with van der Waals surface area (Å²) in [5, 5.41) is 16.4. The Morgan fingerprint density at radius 1 is 1.31 bits per heavy atom. The number of amides is 1. The molecule has 2 aromatic carbocycles. The quantitative estimate of drug-likeness (QED) is 0.740. The Balaban J connectivity index is 1.58. The molecule has 0 saturated heterocycles. The van der Waals surface area contributed by atoms with Crippen LogP contribution >= 0.6 is 0 Å². The molecule has 0 saturated carbocycles. The number of hydrogen-bond acceptors (Lipinski definition) is 4. The molecule has 2 heterocycles. The average molecular weight is 389 g/mol. The molecule has 29 heavy (non-hydrogen) atoms. The molecule has 0 atom stereocenters. The highest BCUT2D eigenvalue weighted by molar-refractivity contribution is 5.95. The minimum absolute atomic E-state index is 0.00216. The molecule has 0 fully saturated rings. The number of aromatic nitrogens is 2. The number of benzene rings is 2. The highest BCUT2D eigenvalue weighted by atomic mass is 19.1. The minimum atomic E-state index is -0.327. The van der Waals surface area contributed by atoms with Crippen LogP contribution in [0.2, 0.25) is 0 Å². The smallest absolute Gasteiger partial charge is 0.245 e. The number of halogens is 1. The molecule has 0 spiro atoms. The number of rotatable bonds is 4. The van der Waals surface area contributed by atoms with Crippen molar-refractivity contribution >= 4 is 17.4 Å². The van der Waals surface area contributed by atoms with Crippen molar-refractivity contribution in [1.82, 2.24) is 9.78 Å². The summed E-state index contributed by atoms with van der Waals surface area (Å²) < 4.78 is 16.1. The molecular formula is C22H20FN5O. The molecule has 0 radical (unpaired) electrons. The number of hydrogen-bond donors (Lipinski definition) is 1. The van der Waals surface area contributed by atoms with E-state index < -0.39 is 0 Å². The first-order chi connectivity index (χ1) is 14.1. The largest absolute Gasteiger partial charge is 0.360 e. The molecule has 7 heteroatoms. The molecular weight excluding hydrogens is 369 g/mol. The standard InChI is InChI=1S/C22H20FN5O/c1-15-10-16-6-5-9-27(21(16)19(23)11-15)14-20(29)26-22-17(12-24)13-25-28(22)18-7-3-2-4-8-18/h2-4,7-8,10-11,13H,5-6,9,14H2,1H3,(H,26,29). The van der Waals surface area contributed by atoms with Gasteiger partial charge in [-0.2, -0.15) is 10.4 Å². The monoisotopic (exact) mass is 389 g/mol. The Labute approximate surface area is 168 Å². The van der Waals surface area contributed by atoms with Crippen molar-refractivity contribution in [3.63, 3.8) is 0 Å². The second-order valence-electron chi connectivity index (χ2n) is 7.09. The van der Waals surface area contributed by atoms with Gasteiger partial charge >= 0.3 is 0 Å². The van der Waals surface area contributed by atoms with E-state index >= 15 is 0 Å². The number of nitriles is 1. The van der Waals surface area contributed by atoms with Crippen LogP contribution in [0, 0.1) is 24.1 Å². The van der Waals surface area contributed by atoms with E-state index in [0.29, 0.717) is 18.1 Å². The Morgan fingerprint density at radius 2 is 2.10 bits per heavy atom. The molecule has 6 nitrogen and oxygen atoms in total. The maximum Gasteiger partial charge on any atom is 0.245 e. The molecule has 1 aromatic heterocycles. The Kier molecular flexibility index (Phi) is 5.00. The summed E-state index contributed by atoms with van der Waals surface area (Å²) >= 11 is 0. The summed E-state index contributed by atoms with van der Waals surface area (Å²) in [5.74, 6) is -0.322. The molecule has 146 valence electrons. The van der Waals surface area contributed by atoms with Crippen molar-refractivity contribution in [2.75, 3.05) is 23.3 Å². The summed E-state index contributed by atoms with van der Waals surface area (Å²) in [6.45, 7) is 2.46. The van der Waals surface area contributed by atoms with Crippen molar-refractivity contribution in [3.05, 3.63) is 71.2 Å². The fourth-order valence-corrected chi connectivity index (χ4v) is 3.74. The van der Waals surface area contributed by atoms with Gasteiger partial charge < -0.3 is 10.2 Å². The Morgan fingerprint density at radius 3 is 2.86 bits per heavy atom. The predicted molar refractivity (Wildman–Crippen MR) is 109 cm³/mol. The third-order valence-corrected chi connectivity index (χ3v) is 4.96. The molecule has 1 aliphatic rings. The summed E-state index contributed by atoms with van der Waals surface area (Å²) in [4.78, 5) is 14.6. The number of nitrogens with one attached hydrogen (secondary N) is 1. The average Bonchev–Trinajstić information content (AvgIpc) is 3.10. The van der Waals surface area contributed by atoms with Gasteiger partial charge in [0.2, 0.25) is 5.91 Å². The van der Waals surface area contributed by atoms with Gasteiger partial charge in [-0.1, -0.05) is 24.3 Å². The number of para-hydroxylation sites is 1. The van der Waals surface area contributed by atoms with E-state index in [9.17, 15) is 14.4 Å². The Bertz CT molecular complexity index is 1100. The molecule has 1 amide bonds. The number of fused-ring (bicyclic) bond motifs is 1. The zero-order chi connectivity index (χ0) is 20.4. The number of nitrogens with zero attached hydrogens (tertiary/aromatic N) is 4. The van der Waals surface area contributed by atoms with E-state index in [2.05, 4.69) is 16.5 Å². The number of carbonyl (C=O) groups is 1. The van der Waals surface area contributed by atoms with E-state index in [-0.39, 0.29) is 23.8 Å². The normalized spacial score (nSPS) is 12.9. The lowest BCUT2D eigenvalue weighted by molar-refractivity contribution is -0.115. The maximum atomic E-state index is 14.6. The Hall–Kier alpha value is -3.66. The van der Waals surface area contributed by atoms with E-state index in [0.717, 1.165) is 29.7 Å². The molecule has 0 unspecified atom stereocenters. The summed E-state index contributed by atoms with van der Waals surface area (Å²) in [6, 6.07) is 14.8. The van der Waals surface area contributed by atoms with Crippen LogP contribution in [0.4, 0.5) is 15.9 Å². The molecule has 1 N–H and O–H groups in total. The highest BCUT2D eigenvalue weighted by Crippen LogP contribution is 2.31. The molecule has 1 aliphatic heterocycles. The second kappa shape index (κ2) is 7.76. The first kappa shape index (κ1) is 18.7. The third kappa shape index (κ3) is 3.69. The van der Waals surface area contributed by atoms with Crippen LogP contribution in [-0.2, 0) is 11.2 Å². The summed E-state index contributed by atoms with van der Waals surface area (Å²) in [6.07, 6.45) is 3.07. The number of carbonyl (C=O) groups excluding carboxylic acids is 1. The van der Waals surface area contributed by atoms with Crippen molar-refractivity contribution < 1.29 is 9.18 Å². The second-order valence-corrected chi connectivity index (χ2v) is 7.09. The van der Waals surface area contributed by atoms with Crippen LogP contribution in [0.5, 0.6) is 0 Å². The lowest BCUT2D eigenvalue weighted by atomic mass is 9.99. The van der Waals surface area contributed by atoms with Gasteiger partial charge in [0, 0.05) is 6.54 Å². The van der Waals surface area contributed by atoms with Crippen LogP contribution < -0.4 is 10.2 Å². The van der Waals surface area contributed by atoms with Gasteiger partial charge in [0.25, 0.3) is 0 Å². The first-order valence-corrected chi connectivity index (χ1v) is 9.44. The lowest BCUT2D eigenvalue weighted by Crippen LogP contribution is -2.37. The van der Waals surface area contributed by atoms with Gasteiger partial charge in [-0.25, -0.2) is 9.07 Å². The number of anilines is 2. The fourth-order valence-electron chi connectivity index (χ4n) is 3.74. The molecule has 0 bridgehead atoms. The molecule has 0 aliphatic carbocycles. The van der Waals surface area contributed by atoms with Crippen molar-refractivity contribution in [2.24, 2.45) is 0 Å². The van der Waals surface area contributed by atoms with E-state index in [1.54, 1.807) is 4.90 Å². The number of aryl methyl sites for hydroxylation is 2. The van der Waals surface area contributed by atoms with Gasteiger partial charge in [-0.05, 0) is 49.1 Å². The summed E-state index contributed by atoms with van der Waals surface area (Å²) in [7, 11) is 0. The SMILES string of the molecule is Cc1cc(F)c2c(c1)CCCN2CC(=O)Nc1c(C#N)cnn1-c1ccccc1. The van der Waals surface area contributed by atoms with Gasteiger partial charge in [0.1, 0.15) is 17.4 Å². The molecule has 3 aromatic rings. The van der Waals surface area contributed by atoms with Crippen LogP contribution in [-0.4, -0.2) is 28.8 Å². The van der Waals surface area contributed by atoms with E-state index in [4.69, 9.17) is 0 Å². The van der Waals surface area contributed by atoms with Crippen molar-refractivity contribution in [2.45, 2.75) is 19.8 Å². The van der Waals surface area contributed by atoms with Crippen LogP contribution in [0.25, 0.3) is 5.69 Å². The van der Waals surface area contributed by atoms with Crippen molar-refractivity contribution in [3.8, 4) is 11.8 Å².